The zero-order valence-corrected chi connectivity index (χ0v) is 14.7. The first-order valence-electron chi connectivity index (χ1n) is 7.83. The Hall–Kier alpha value is -2.07. The maximum absolute atomic E-state index is 5.44. The molecule has 1 atom stereocenters. The average Bonchev–Trinajstić information content (AvgIpc) is 2.55. The highest BCUT2D eigenvalue weighted by atomic mass is 32.1. The Balaban J connectivity index is 1.86. The maximum atomic E-state index is 5.44. The van der Waals surface area contributed by atoms with Crippen LogP contribution in [0.3, 0.4) is 0 Å². The van der Waals surface area contributed by atoms with Crippen molar-refractivity contribution in [2.75, 3.05) is 13.7 Å². The summed E-state index contributed by atoms with van der Waals surface area (Å²) in [6.07, 6.45) is 0.949. The molecule has 0 unspecified atom stereocenters. The summed E-state index contributed by atoms with van der Waals surface area (Å²) in [6.45, 7) is 4.97. The Morgan fingerprint density at radius 3 is 2.61 bits per heavy atom. The van der Waals surface area contributed by atoms with Crippen molar-refractivity contribution in [2.45, 2.75) is 26.3 Å². The van der Waals surface area contributed by atoms with Crippen molar-refractivity contribution in [3.63, 3.8) is 0 Å². The second-order valence-corrected chi connectivity index (χ2v) is 6.01. The first-order chi connectivity index (χ1) is 11.1. The molecule has 4 heteroatoms. The number of ether oxygens (including phenoxy) is 1. The molecule has 0 aromatic heterocycles. The summed E-state index contributed by atoms with van der Waals surface area (Å²) in [6, 6.07) is 16.6. The van der Waals surface area contributed by atoms with Crippen LogP contribution in [-0.2, 0) is 6.42 Å². The fraction of sp³-hybridized carbons (Fsp3) is 0.316. The molecular formula is C19H24N2OS. The van der Waals surface area contributed by atoms with Crippen molar-refractivity contribution in [1.82, 2.24) is 10.6 Å². The van der Waals surface area contributed by atoms with Crippen LogP contribution < -0.4 is 15.4 Å². The number of rotatable bonds is 6. The van der Waals surface area contributed by atoms with Crippen LogP contribution in [0.1, 0.15) is 29.7 Å². The van der Waals surface area contributed by atoms with Gasteiger partial charge in [-0.05, 0) is 44.1 Å². The zero-order valence-electron chi connectivity index (χ0n) is 13.9. The van der Waals surface area contributed by atoms with Gasteiger partial charge in [0, 0.05) is 12.1 Å². The fourth-order valence-electron chi connectivity index (χ4n) is 2.48. The van der Waals surface area contributed by atoms with E-state index in [0.717, 1.165) is 24.3 Å². The van der Waals surface area contributed by atoms with Crippen molar-refractivity contribution >= 4 is 17.3 Å². The minimum absolute atomic E-state index is 0.0848. The molecule has 0 fully saturated rings. The van der Waals surface area contributed by atoms with Crippen molar-refractivity contribution in [2.24, 2.45) is 0 Å². The quantitative estimate of drug-likeness (QED) is 0.791. The van der Waals surface area contributed by atoms with Gasteiger partial charge in [-0.25, -0.2) is 0 Å². The van der Waals surface area contributed by atoms with E-state index < -0.39 is 0 Å². The van der Waals surface area contributed by atoms with Gasteiger partial charge in [-0.1, -0.05) is 48.0 Å². The first-order valence-corrected chi connectivity index (χ1v) is 8.24. The Morgan fingerprint density at radius 2 is 1.91 bits per heavy atom. The average molecular weight is 328 g/mol. The number of methoxy groups -OCH3 is 1. The van der Waals surface area contributed by atoms with Gasteiger partial charge in [0.05, 0.1) is 13.2 Å². The predicted octanol–water partition coefficient (Wildman–Crippen LogP) is 3.77. The molecule has 0 bridgehead atoms. The SMILES string of the molecule is COc1ccc(C)cc1[C@@H](C)NC(=S)NCCc1ccccc1. The van der Waals surface area contributed by atoms with Crippen LogP contribution >= 0.6 is 12.2 Å². The van der Waals surface area contributed by atoms with Crippen LogP contribution in [0.5, 0.6) is 5.75 Å². The number of hydrogen-bond donors (Lipinski definition) is 2. The van der Waals surface area contributed by atoms with Gasteiger partial charge in [0.2, 0.25) is 0 Å². The van der Waals surface area contributed by atoms with Crippen LogP contribution in [0.2, 0.25) is 0 Å². The predicted molar refractivity (Wildman–Crippen MR) is 100 cm³/mol. The van der Waals surface area contributed by atoms with Gasteiger partial charge < -0.3 is 15.4 Å². The van der Waals surface area contributed by atoms with Gasteiger partial charge in [-0.3, -0.25) is 0 Å². The second-order valence-electron chi connectivity index (χ2n) is 5.60. The van der Waals surface area contributed by atoms with Crippen LogP contribution in [0.15, 0.2) is 48.5 Å². The lowest BCUT2D eigenvalue weighted by molar-refractivity contribution is 0.405. The molecule has 2 aromatic carbocycles. The largest absolute Gasteiger partial charge is 0.496 e. The van der Waals surface area contributed by atoms with E-state index in [1.165, 1.54) is 11.1 Å². The molecule has 0 saturated carbocycles. The molecule has 0 radical (unpaired) electrons. The van der Waals surface area contributed by atoms with Gasteiger partial charge in [-0.2, -0.15) is 0 Å². The van der Waals surface area contributed by atoms with Gasteiger partial charge >= 0.3 is 0 Å². The van der Waals surface area contributed by atoms with E-state index in [9.17, 15) is 0 Å². The number of thiocarbonyl (C=S) groups is 1. The van der Waals surface area contributed by atoms with E-state index in [1.54, 1.807) is 7.11 Å². The Labute approximate surface area is 144 Å². The highest BCUT2D eigenvalue weighted by Crippen LogP contribution is 2.25. The summed E-state index contributed by atoms with van der Waals surface area (Å²) < 4.78 is 5.44. The van der Waals surface area contributed by atoms with Crippen LogP contribution in [0, 0.1) is 6.92 Å². The summed E-state index contributed by atoms with van der Waals surface area (Å²) in [4.78, 5) is 0. The van der Waals surface area contributed by atoms with Crippen molar-refractivity contribution < 1.29 is 4.74 Å². The second kappa shape index (κ2) is 8.53. The van der Waals surface area contributed by atoms with E-state index >= 15 is 0 Å². The first kappa shape index (κ1) is 17.3. The molecular weight excluding hydrogens is 304 g/mol. The monoisotopic (exact) mass is 328 g/mol. The van der Waals surface area contributed by atoms with Gasteiger partial charge in [0.15, 0.2) is 5.11 Å². The van der Waals surface area contributed by atoms with E-state index in [1.807, 2.05) is 18.2 Å². The smallest absolute Gasteiger partial charge is 0.166 e. The fourth-order valence-corrected chi connectivity index (χ4v) is 2.76. The minimum atomic E-state index is 0.0848. The molecule has 122 valence electrons. The zero-order chi connectivity index (χ0) is 16.7. The topological polar surface area (TPSA) is 33.3 Å². The highest BCUT2D eigenvalue weighted by Gasteiger charge is 2.12. The summed E-state index contributed by atoms with van der Waals surface area (Å²) in [7, 11) is 1.69. The summed E-state index contributed by atoms with van der Waals surface area (Å²) in [5.41, 5.74) is 3.62. The molecule has 2 aromatic rings. The standard InChI is InChI=1S/C19H24N2OS/c1-14-9-10-18(22-3)17(13-14)15(2)21-19(23)20-12-11-16-7-5-4-6-8-16/h4-10,13,15H,11-12H2,1-3H3,(H2,20,21,23)/t15-/m1/s1. The van der Waals surface area contributed by atoms with Gasteiger partial charge in [-0.15, -0.1) is 0 Å². The van der Waals surface area contributed by atoms with Crippen molar-refractivity contribution in [1.29, 1.82) is 0 Å². The minimum Gasteiger partial charge on any atom is -0.496 e. The van der Waals surface area contributed by atoms with Gasteiger partial charge in [0.1, 0.15) is 5.75 Å². The summed E-state index contributed by atoms with van der Waals surface area (Å²) in [5.74, 6) is 0.877. The Bertz CT molecular complexity index is 643. The van der Waals surface area contributed by atoms with Crippen LogP contribution in [0.25, 0.3) is 0 Å². The number of benzene rings is 2. The van der Waals surface area contributed by atoms with Crippen LogP contribution in [0.4, 0.5) is 0 Å². The summed E-state index contributed by atoms with van der Waals surface area (Å²) >= 11 is 5.39. The third-order valence-corrected chi connectivity index (χ3v) is 4.00. The molecule has 0 amide bonds. The molecule has 0 aliphatic heterocycles. The number of hydrogen-bond acceptors (Lipinski definition) is 2. The van der Waals surface area contributed by atoms with E-state index in [0.29, 0.717) is 5.11 Å². The van der Waals surface area contributed by atoms with E-state index in [-0.39, 0.29) is 6.04 Å². The van der Waals surface area contributed by atoms with Crippen molar-refractivity contribution in [3.8, 4) is 5.75 Å². The summed E-state index contributed by atoms with van der Waals surface area (Å²) in [5, 5.41) is 7.25. The molecule has 2 rings (SSSR count). The lowest BCUT2D eigenvalue weighted by atomic mass is 10.0. The van der Waals surface area contributed by atoms with E-state index in [4.69, 9.17) is 17.0 Å². The normalized spacial score (nSPS) is 11.6. The molecule has 23 heavy (non-hydrogen) atoms. The molecule has 0 aliphatic rings. The molecule has 0 saturated heterocycles. The van der Waals surface area contributed by atoms with Gasteiger partial charge in [0.25, 0.3) is 0 Å². The lowest BCUT2D eigenvalue weighted by Crippen LogP contribution is -2.37. The highest BCUT2D eigenvalue weighted by molar-refractivity contribution is 7.80. The molecule has 0 aliphatic carbocycles. The van der Waals surface area contributed by atoms with Crippen molar-refractivity contribution in [3.05, 3.63) is 65.2 Å². The molecule has 0 spiro atoms. The third-order valence-electron chi connectivity index (χ3n) is 3.74. The maximum Gasteiger partial charge on any atom is 0.166 e. The Kier molecular flexibility index (Phi) is 6.41. The third kappa shape index (κ3) is 5.25. The molecule has 2 N–H and O–H groups in total. The Morgan fingerprint density at radius 1 is 1.17 bits per heavy atom. The molecule has 0 heterocycles. The number of nitrogens with one attached hydrogen (secondary N) is 2. The number of aryl methyl sites for hydroxylation is 1. The van der Waals surface area contributed by atoms with E-state index in [2.05, 4.69) is 54.8 Å². The lowest BCUT2D eigenvalue weighted by Gasteiger charge is -2.20. The van der Waals surface area contributed by atoms with Crippen LogP contribution in [-0.4, -0.2) is 18.8 Å². The molecule has 3 nitrogen and oxygen atoms in total.